The van der Waals surface area contributed by atoms with Crippen molar-refractivity contribution in [3.05, 3.63) is 34.0 Å². The largest absolute Gasteiger partial charge is 0.463 e. The first-order valence-electron chi connectivity index (χ1n) is 6.24. The fourth-order valence-electron chi connectivity index (χ4n) is 4.09. The molecule has 2 aliphatic carbocycles. The van der Waals surface area contributed by atoms with Crippen LogP contribution in [0.3, 0.4) is 0 Å². The topological polar surface area (TPSA) is 13.1 Å². The van der Waals surface area contributed by atoms with Crippen LogP contribution in [0.25, 0.3) is 11.0 Å². The predicted molar refractivity (Wildman–Crippen MR) is 72.5 cm³/mol. The summed E-state index contributed by atoms with van der Waals surface area (Å²) in [6.07, 6.45) is 5.76. The number of rotatable bonds is 0. The molecule has 0 aliphatic heterocycles. The summed E-state index contributed by atoms with van der Waals surface area (Å²) >= 11 is 3.57. The maximum Gasteiger partial charge on any atom is 0.135 e. The minimum atomic E-state index is 0.386. The zero-order chi connectivity index (χ0) is 11.8. The summed E-state index contributed by atoms with van der Waals surface area (Å²) in [6.45, 7) is 4.83. The first-order chi connectivity index (χ1) is 8.02. The molecule has 0 spiro atoms. The molecule has 0 N–H and O–H groups in total. The number of furan rings is 1. The van der Waals surface area contributed by atoms with Crippen LogP contribution >= 0.6 is 15.9 Å². The Morgan fingerprint density at radius 2 is 1.76 bits per heavy atom. The van der Waals surface area contributed by atoms with Crippen molar-refractivity contribution in [3.8, 4) is 0 Å². The molecule has 88 valence electrons. The summed E-state index contributed by atoms with van der Waals surface area (Å²) in [5.41, 5.74) is 4.89. The van der Waals surface area contributed by atoms with Crippen molar-refractivity contribution in [2.45, 2.75) is 43.9 Å². The first-order valence-corrected chi connectivity index (χ1v) is 7.03. The molecule has 1 nitrogen and oxygen atoms in total. The van der Waals surface area contributed by atoms with Gasteiger partial charge in [-0.15, -0.1) is 0 Å². The van der Waals surface area contributed by atoms with E-state index in [2.05, 4.69) is 41.9 Å². The van der Waals surface area contributed by atoms with Gasteiger partial charge in [0.2, 0.25) is 0 Å². The Morgan fingerprint density at radius 1 is 1.12 bits per heavy atom. The molecule has 2 heteroatoms. The first kappa shape index (κ1) is 10.2. The van der Waals surface area contributed by atoms with Crippen LogP contribution < -0.4 is 0 Å². The molecule has 2 aliphatic rings. The molecule has 1 aromatic carbocycles. The van der Waals surface area contributed by atoms with Crippen LogP contribution in [0.2, 0.25) is 0 Å². The molecule has 0 saturated heterocycles. The Balaban J connectivity index is 2.11. The van der Waals surface area contributed by atoms with Gasteiger partial charge in [-0.25, -0.2) is 0 Å². The van der Waals surface area contributed by atoms with Gasteiger partial charge in [0.15, 0.2) is 0 Å². The smallest absolute Gasteiger partial charge is 0.135 e. The highest BCUT2D eigenvalue weighted by molar-refractivity contribution is 9.10. The molecule has 2 atom stereocenters. The van der Waals surface area contributed by atoms with E-state index in [0.29, 0.717) is 10.8 Å². The zero-order valence-corrected chi connectivity index (χ0v) is 11.7. The molecule has 0 radical (unpaired) electrons. The Kier molecular flexibility index (Phi) is 1.68. The van der Waals surface area contributed by atoms with Gasteiger partial charge in [-0.3, -0.25) is 0 Å². The second-order valence-electron chi connectivity index (χ2n) is 6.28. The van der Waals surface area contributed by atoms with Crippen LogP contribution in [0.4, 0.5) is 0 Å². The van der Waals surface area contributed by atoms with E-state index in [9.17, 15) is 0 Å². The molecular formula is C15H15BrO. The number of halogens is 1. The van der Waals surface area contributed by atoms with E-state index in [1.807, 2.05) is 0 Å². The summed E-state index contributed by atoms with van der Waals surface area (Å²) in [6, 6.07) is 4.63. The van der Waals surface area contributed by atoms with Crippen LogP contribution in [0.5, 0.6) is 0 Å². The summed E-state index contributed by atoms with van der Waals surface area (Å²) in [4.78, 5) is 0. The third kappa shape index (κ3) is 1.10. The van der Waals surface area contributed by atoms with Gasteiger partial charge in [-0.1, -0.05) is 13.8 Å². The monoisotopic (exact) mass is 290 g/mol. The molecule has 1 fully saturated rings. The standard InChI is InChI=1S/C15H15BrO/c1-14-3-4-15(2,8-14)11-6-13-9(5-10(11)14)12(16)7-17-13/h5-7H,3-4,8H2,1-2H3. The molecule has 2 aromatic rings. The Morgan fingerprint density at radius 3 is 2.47 bits per heavy atom. The minimum absolute atomic E-state index is 0.386. The van der Waals surface area contributed by atoms with Crippen molar-refractivity contribution in [1.29, 1.82) is 0 Å². The van der Waals surface area contributed by atoms with Crippen molar-refractivity contribution in [1.82, 2.24) is 0 Å². The molecule has 1 aromatic heterocycles. The van der Waals surface area contributed by atoms with E-state index in [0.717, 1.165) is 10.1 Å². The van der Waals surface area contributed by atoms with Crippen LogP contribution in [-0.2, 0) is 10.8 Å². The lowest BCUT2D eigenvalue weighted by Gasteiger charge is -2.26. The average Bonchev–Trinajstić information content (AvgIpc) is 2.87. The van der Waals surface area contributed by atoms with E-state index >= 15 is 0 Å². The van der Waals surface area contributed by atoms with Gasteiger partial charge in [0.1, 0.15) is 11.8 Å². The Labute approximate surface area is 109 Å². The van der Waals surface area contributed by atoms with Crippen molar-refractivity contribution >= 4 is 26.9 Å². The third-order valence-corrected chi connectivity index (χ3v) is 5.59. The van der Waals surface area contributed by atoms with E-state index in [1.54, 1.807) is 11.8 Å². The molecule has 17 heavy (non-hydrogen) atoms. The highest BCUT2D eigenvalue weighted by Crippen LogP contribution is 2.61. The SMILES string of the molecule is CC12CCC(C)(C1)c1cc3c(Br)coc3cc12. The summed E-state index contributed by atoms with van der Waals surface area (Å²) in [7, 11) is 0. The minimum Gasteiger partial charge on any atom is -0.463 e. The molecular weight excluding hydrogens is 276 g/mol. The second kappa shape index (κ2) is 2.80. The fourth-order valence-corrected chi connectivity index (χ4v) is 4.49. The highest BCUT2D eigenvalue weighted by Gasteiger charge is 2.53. The zero-order valence-electron chi connectivity index (χ0n) is 10.1. The summed E-state index contributed by atoms with van der Waals surface area (Å²) in [5.74, 6) is 0. The number of hydrogen-bond donors (Lipinski definition) is 0. The lowest BCUT2D eigenvalue weighted by atomic mass is 9.78. The molecule has 1 heterocycles. The van der Waals surface area contributed by atoms with Gasteiger partial charge in [0.25, 0.3) is 0 Å². The van der Waals surface area contributed by atoms with Crippen molar-refractivity contribution in [3.63, 3.8) is 0 Å². The van der Waals surface area contributed by atoms with Gasteiger partial charge < -0.3 is 4.42 Å². The fraction of sp³-hybridized carbons (Fsp3) is 0.467. The normalized spacial score (nSPS) is 34.5. The summed E-state index contributed by atoms with van der Waals surface area (Å²) < 4.78 is 6.69. The maximum absolute atomic E-state index is 5.61. The van der Waals surface area contributed by atoms with Gasteiger partial charge in [-0.05, 0) is 69.3 Å². The van der Waals surface area contributed by atoms with Gasteiger partial charge in [-0.2, -0.15) is 0 Å². The molecule has 1 saturated carbocycles. The number of benzene rings is 1. The predicted octanol–water partition coefficient (Wildman–Crippen LogP) is 4.91. The van der Waals surface area contributed by atoms with E-state index in [1.165, 1.54) is 30.2 Å². The Hall–Kier alpha value is -0.760. The van der Waals surface area contributed by atoms with Crippen molar-refractivity contribution in [2.24, 2.45) is 0 Å². The lowest BCUT2D eigenvalue weighted by Crippen LogP contribution is -2.17. The maximum atomic E-state index is 5.61. The molecule has 2 unspecified atom stereocenters. The van der Waals surface area contributed by atoms with Crippen LogP contribution in [0, 0.1) is 0 Å². The second-order valence-corrected chi connectivity index (χ2v) is 7.13. The van der Waals surface area contributed by atoms with Crippen molar-refractivity contribution in [2.75, 3.05) is 0 Å². The van der Waals surface area contributed by atoms with E-state index in [-0.39, 0.29) is 0 Å². The summed E-state index contributed by atoms with van der Waals surface area (Å²) in [5, 5.41) is 1.22. The third-order valence-electron chi connectivity index (χ3n) is 4.98. The Bertz CT molecular complexity index is 642. The lowest BCUT2D eigenvalue weighted by molar-refractivity contribution is 0.483. The van der Waals surface area contributed by atoms with Crippen LogP contribution in [0.15, 0.2) is 27.3 Å². The molecule has 4 rings (SSSR count). The quantitative estimate of drug-likeness (QED) is 0.672. The van der Waals surface area contributed by atoms with Crippen LogP contribution in [0.1, 0.15) is 44.2 Å². The van der Waals surface area contributed by atoms with Crippen LogP contribution in [-0.4, -0.2) is 0 Å². The van der Waals surface area contributed by atoms with E-state index < -0.39 is 0 Å². The molecule has 0 amide bonds. The number of fused-ring (bicyclic) bond motifs is 6. The van der Waals surface area contributed by atoms with Crippen molar-refractivity contribution < 1.29 is 4.42 Å². The number of hydrogen-bond acceptors (Lipinski definition) is 1. The molecule has 2 bridgehead atoms. The highest BCUT2D eigenvalue weighted by atomic mass is 79.9. The average molecular weight is 291 g/mol. The van der Waals surface area contributed by atoms with E-state index in [4.69, 9.17) is 4.42 Å². The van der Waals surface area contributed by atoms with Gasteiger partial charge in [0, 0.05) is 5.39 Å². The van der Waals surface area contributed by atoms with Gasteiger partial charge >= 0.3 is 0 Å². The van der Waals surface area contributed by atoms with Gasteiger partial charge in [0.05, 0.1) is 4.47 Å².